The Morgan fingerprint density at radius 3 is 1.07 bits per heavy atom. The zero-order valence-electron chi connectivity index (χ0n) is 33.4. The molecule has 0 atom stereocenters. The van der Waals surface area contributed by atoms with Gasteiger partial charge in [0.25, 0.3) is 5.69 Å². The number of aryl methyl sites for hydroxylation is 4. The molecule has 0 spiro atoms. The van der Waals surface area contributed by atoms with Crippen molar-refractivity contribution in [3.63, 3.8) is 0 Å². The Morgan fingerprint density at radius 1 is 0.474 bits per heavy atom. The summed E-state index contributed by atoms with van der Waals surface area (Å²) in [6.07, 6.45) is 1.59. The monoisotopic (exact) mass is 751 g/mol. The molecule has 0 N–H and O–H groups in total. The fourth-order valence-electron chi connectivity index (χ4n) is 7.36. The number of nitrogens with zero attached hydrogens (tertiary/aromatic N) is 3. The van der Waals surface area contributed by atoms with Crippen LogP contribution in [0.5, 0.6) is 5.75 Å². The first kappa shape index (κ1) is 38.6. The molecule has 6 heteroatoms. The van der Waals surface area contributed by atoms with Crippen molar-refractivity contribution in [3.8, 4) is 5.75 Å². The average molecular weight is 752 g/mol. The third-order valence-electron chi connectivity index (χ3n) is 10.8. The topological polar surface area (TPSA) is 58.9 Å². The van der Waals surface area contributed by atoms with Crippen molar-refractivity contribution in [1.82, 2.24) is 0 Å². The van der Waals surface area contributed by atoms with Crippen LogP contribution in [0.1, 0.15) is 53.1 Å². The van der Waals surface area contributed by atoms with Gasteiger partial charge in [0, 0.05) is 51.7 Å². The smallest absolute Gasteiger partial charge is 0.269 e. The maximum atomic E-state index is 11.2. The largest absolute Gasteiger partial charge is 0.494 e. The number of nitro benzene ring substituents is 1. The molecule has 0 saturated heterocycles. The molecule has 0 bridgehead atoms. The maximum Gasteiger partial charge on any atom is 0.269 e. The van der Waals surface area contributed by atoms with Crippen molar-refractivity contribution in [2.24, 2.45) is 0 Å². The minimum atomic E-state index is -0.395. The van der Waals surface area contributed by atoms with Crippen LogP contribution < -0.4 is 14.5 Å². The molecule has 0 aliphatic heterocycles. The number of non-ortho nitro benzene ring substituents is 1. The summed E-state index contributed by atoms with van der Waals surface area (Å²) >= 11 is 0. The van der Waals surface area contributed by atoms with Crippen LogP contribution in [0.25, 0.3) is 0 Å². The van der Waals surface area contributed by atoms with Crippen LogP contribution >= 0.6 is 0 Å². The summed E-state index contributed by atoms with van der Waals surface area (Å²) in [5.74, 6) is 0.621. The summed E-state index contributed by atoms with van der Waals surface area (Å²) < 4.78 is 6.10. The van der Waals surface area contributed by atoms with Crippen LogP contribution in [0.15, 0.2) is 170 Å². The molecule has 6 nitrogen and oxygen atoms in total. The van der Waals surface area contributed by atoms with E-state index in [2.05, 4.69) is 190 Å². The average Bonchev–Trinajstić information content (AvgIpc) is 3.23. The van der Waals surface area contributed by atoms with Crippen LogP contribution in [0.3, 0.4) is 0 Å². The lowest BCUT2D eigenvalue weighted by Crippen LogP contribution is -2.25. The van der Waals surface area contributed by atoms with Crippen molar-refractivity contribution in [1.29, 1.82) is 0 Å². The minimum Gasteiger partial charge on any atom is -0.494 e. The van der Waals surface area contributed by atoms with Crippen LogP contribution in [0.4, 0.5) is 39.8 Å². The molecule has 0 unspecified atom stereocenters. The molecule has 0 aliphatic carbocycles. The highest BCUT2D eigenvalue weighted by Crippen LogP contribution is 2.42. The lowest BCUT2D eigenvalue weighted by Gasteiger charge is -2.33. The van der Waals surface area contributed by atoms with E-state index in [-0.39, 0.29) is 11.1 Å². The van der Waals surface area contributed by atoms with Crippen LogP contribution in [-0.2, 0) is 5.41 Å². The Hall–Kier alpha value is -6.66. The van der Waals surface area contributed by atoms with E-state index in [0.29, 0.717) is 12.4 Å². The van der Waals surface area contributed by atoms with Crippen molar-refractivity contribution < 1.29 is 9.66 Å². The Balaban J connectivity index is 1.23. The molecule has 0 fully saturated rings. The summed E-state index contributed by atoms with van der Waals surface area (Å²) in [5, 5.41) is 11.2. The number of nitro groups is 1. The predicted octanol–water partition coefficient (Wildman–Crippen LogP) is 13.9. The molecule has 7 rings (SSSR count). The number of rotatable bonds is 14. The lowest BCUT2D eigenvalue weighted by molar-refractivity contribution is -0.384. The second-order valence-electron chi connectivity index (χ2n) is 15.1. The molecular weight excluding hydrogens is 703 g/mol. The fourth-order valence-corrected chi connectivity index (χ4v) is 7.36. The first-order valence-corrected chi connectivity index (χ1v) is 19.5. The van der Waals surface area contributed by atoms with Gasteiger partial charge in [-0.25, -0.2) is 0 Å². The van der Waals surface area contributed by atoms with Gasteiger partial charge < -0.3 is 14.5 Å². The van der Waals surface area contributed by atoms with Crippen molar-refractivity contribution in [2.75, 3.05) is 16.4 Å². The molecule has 0 radical (unpaired) electrons. The van der Waals surface area contributed by atoms with Gasteiger partial charge in [0.15, 0.2) is 0 Å². The molecule has 7 aromatic rings. The van der Waals surface area contributed by atoms with E-state index < -0.39 is 4.92 Å². The van der Waals surface area contributed by atoms with Gasteiger partial charge >= 0.3 is 0 Å². The quantitative estimate of drug-likeness (QED) is 0.0629. The summed E-state index contributed by atoms with van der Waals surface area (Å²) in [5.41, 5.74) is 13.6. The van der Waals surface area contributed by atoms with Crippen LogP contribution in [-0.4, -0.2) is 11.5 Å². The highest BCUT2D eigenvalue weighted by molar-refractivity contribution is 5.78. The van der Waals surface area contributed by atoms with E-state index in [1.807, 2.05) is 0 Å². The number of hydrogen-bond acceptors (Lipinski definition) is 5. The molecule has 0 amide bonds. The van der Waals surface area contributed by atoms with Gasteiger partial charge in [-0.1, -0.05) is 102 Å². The lowest BCUT2D eigenvalue weighted by atomic mass is 9.73. The van der Waals surface area contributed by atoms with Gasteiger partial charge in [-0.05, 0) is 137 Å². The number of benzene rings is 7. The molecule has 0 aromatic heterocycles. The Bertz CT molecular complexity index is 2160. The second-order valence-corrected chi connectivity index (χ2v) is 15.1. The van der Waals surface area contributed by atoms with Gasteiger partial charge in [-0.15, -0.1) is 0 Å². The van der Waals surface area contributed by atoms with Gasteiger partial charge in [-0.3, -0.25) is 10.1 Å². The Morgan fingerprint density at radius 2 is 0.772 bits per heavy atom. The van der Waals surface area contributed by atoms with Crippen LogP contribution in [0.2, 0.25) is 0 Å². The maximum absolute atomic E-state index is 11.2. The SMILES string of the molecule is Cc1ccc(N(c2ccc(C)cc2)c2ccc(C(C)(CCCOc3ccc([N+](=O)[O-])cc3)c3ccc(N(c4ccc(C)cc4)c4ccc(C)cc4)cc3)cc2)cc1. The zero-order chi connectivity index (χ0) is 39.9. The van der Waals surface area contributed by atoms with Crippen LogP contribution in [0, 0.1) is 37.8 Å². The first-order valence-electron chi connectivity index (χ1n) is 19.5. The summed E-state index contributed by atoms with van der Waals surface area (Å²) in [6.45, 7) is 11.2. The van der Waals surface area contributed by atoms with E-state index in [1.165, 1.54) is 45.5 Å². The number of ether oxygens (including phenoxy) is 1. The number of anilines is 6. The Kier molecular flexibility index (Phi) is 11.5. The molecule has 286 valence electrons. The van der Waals surface area contributed by atoms with Gasteiger partial charge in [0.2, 0.25) is 0 Å². The third kappa shape index (κ3) is 8.92. The molecule has 0 heterocycles. The highest BCUT2D eigenvalue weighted by atomic mass is 16.6. The molecule has 57 heavy (non-hydrogen) atoms. The first-order chi connectivity index (χ1) is 27.6. The van der Waals surface area contributed by atoms with Gasteiger partial charge in [0.1, 0.15) is 5.75 Å². The molecule has 0 aliphatic rings. The molecular formula is C51H49N3O3. The van der Waals surface area contributed by atoms with E-state index in [1.54, 1.807) is 12.1 Å². The number of hydrogen-bond donors (Lipinski definition) is 0. The third-order valence-corrected chi connectivity index (χ3v) is 10.8. The van der Waals surface area contributed by atoms with Crippen molar-refractivity contribution in [3.05, 3.63) is 213 Å². The van der Waals surface area contributed by atoms with Crippen molar-refractivity contribution >= 4 is 39.8 Å². The zero-order valence-corrected chi connectivity index (χ0v) is 33.4. The second kappa shape index (κ2) is 17.0. The summed E-state index contributed by atoms with van der Waals surface area (Å²) in [6, 6.07) is 58.9. The fraction of sp³-hybridized carbons (Fsp3) is 0.176. The minimum absolute atomic E-state index is 0.0495. The Labute approximate surface area is 336 Å². The van der Waals surface area contributed by atoms with Crippen molar-refractivity contribution in [2.45, 2.75) is 52.9 Å². The highest BCUT2D eigenvalue weighted by Gasteiger charge is 2.29. The molecule has 7 aromatic carbocycles. The summed E-state index contributed by atoms with van der Waals surface area (Å²) in [4.78, 5) is 15.4. The van der Waals surface area contributed by atoms with E-state index in [4.69, 9.17) is 4.74 Å². The van der Waals surface area contributed by atoms with E-state index in [9.17, 15) is 10.1 Å². The molecule has 0 saturated carbocycles. The van der Waals surface area contributed by atoms with E-state index in [0.717, 1.165) is 47.0 Å². The van der Waals surface area contributed by atoms with Gasteiger partial charge in [-0.2, -0.15) is 0 Å². The predicted molar refractivity (Wildman–Crippen MR) is 235 cm³/mol. The standard InChI is InChI=1S/C51H49N3O3/c1-37-7-19-43(20-8-37)52(44-21-9-38(2)10-22-44)47-27-15-41(16-28-47)51(5,35-6-36-57-50-33-31-49(32-34-50)54(55)56)42-17-29-48(30-18-42)53(45-23-11-39(3)12-24-45)46-25-13-40(4)14-26-46/h7-34H,6,35-36H2,1-5H3. The van der Waals surface area contributed by atoms with Gasteiger partial charge in [0.05, 0.1) is 11.5 Å². The summed E-state index contributed by atoms with van der Waals surface area (Å²) in [7, 11) is 0. The van der Waals surface area contributed by atoms with E-state index >= 15 is 0 Å². The normalized spacial score (nSPS) is 11.2.